The molecule has 0 unspecified atom stereocenters. The summed E-state index contributed by atoms with van der Waals surface area (Å²) < 4.78 is 36.8. The van der Waals surface area contributed by atoms with E-state index in [4.69, 9.17) is 0 Å². The molecule has 0 heterocycles. The van der Waals surface area contributed by atoms with Crippen LogP contribution in [0.15, 0.2) is 48.5 Å². The second kappa shape index (κ2) is 7.68. The summed E-state index contributed by atoms with van der Waals surface area (Å²) in [5.41, 5.74) is 0.745. The Bertz CT molecular complexity index is 850. The molecular formula is C17H14F3N3O3. The van der Waals surface area contributed by atoms with Crippen molar-refractivity contribution in [1.82, 2.24) is 0 Å². The molecule has 0 spiro atoms. The van der Waals surface area contributed by atoms with E-state index in [1.54, 1.807) is 17.4 Å². The number of alkyl halides is 3. The Balaban J connectivity index is 2.11. The van der Waals surface area contributed by atoms with Crippen LogP contribution in [-0.4, -0.2) is 23.9 Å². The standard InChI is InChI=1S/C17H14F3N3O3/c1-10(24)21-12-5-2-4-11(8-12)15(25)22-13-6-3-7-14(9-13)23-16(26)17(18,19)20/h2-9H,1H3,(H,21,24)(H,22,25)(H,23,26). The summed E-state index contributed by atoms with van der Waals surface area (Å²) in [4.78, 5) is 34.3. The fourth-order valence-corrected chi connectivity index (χ4v) is 2.02. The van der Waals surface area contributed by atoms with Gasteiger partial charge in [-0.3, -0.25) is 14.4 Å². The summed E-state index contributed by atoms with van der Waals surface area (Å²) >= 11 is 0. The topological polar surface area (TPSA) is 87.3 Å². The quantitative estimate of drug-likeness (QED) is 0.776. The van der Waals surface area contributed by atoms with Crippen LogP contribution < -0.4 is 16.0 Å². The minimum atomic E-state index is -5.01. The Morgan fingerprint density at radius 1 is 0.808 bits per heavy atom. The van der Waals surface area contributed by atoms with Gasteiger partial charge in [0.1, 0.15) is 0 Å². The highest BCUT2D eigenvalue weighted by atomic mass is 19.4. The lowest BCUT2D eigenvalue weighted by molar-refractivity contribution is -0.167. The molecule has 0 aliphatic rings. The number of carbonyl (C=O) groups is 3. The van der Waals surface area contributed by atoms with Crippen molar-refractivity contribution in [3.05, 3.63) is 54.1 Å². The number of amides is 3. The maximum absolute atomic E-state index is 12.3. The highest BCUT2D eigenvalue weighted by molar-refractivity contribution is 6.05. The smallest absolute Gasteiger partial charge is 0.326 e. The number of carbonyl (C=O) groups excluding carboxylic acids is 3. The number of anilines is 3. The first-order valence-corrected chi connectivity index (χ1v) is 7.32. The van der Waals surface area contributed by atoms with Crippen LogP contribution in [0.1, 0.15) is 17.3 Å². The second-order valence-electron chi connectivity index (χ2n) is 5.25. The highest BCUT2D eigenvalue weighted by Gasteiger charge is 2.38. The molecule has 0 radical (unpaired) electrons. The molecule has 3 N–H and O–H groups in total. The van der Waals surface area contributed by atoms with Gasteiger partial charge in [-0.1, -0.05) is 12.1 Å². The van der Waals surface area contributed by atoms with E-state index in [2.05, 4.69) is 10.6 Å². The lowest BCUT2D eigenvalue weighted by atomic mass is 10.1. The lowest BCUT2D eigenvalue weighted by Crippen LogP contribution is -2.29. The molecule has 26 heavy (non-hydrogen) atoms. The van der Waals surface area contributed by atoms with Crippen molar-refractivity contribution in [2.45, 2.75) is 13.1 Å². The van der Waals surface area contributed by atoms with E-state index in [-0.39, 0.29) is 22.8 Å². The van der Waals surface area contributed by atoms with E-state index in [1.807, 2.05) is 0 Å². The molecule has 0 aliphatic carbocycles. The van der Waals surface area contributed by atoms with E-state index >= 15 is 0 Å². The van der Waals surface area contributed by atoms with Gasteiger partial charge in [0.05, 0.1) is 0 Å². The molecule has 6 nitrogen and oxygen atoms in total. The van der Waals surface area contributed by atoms with Gasteiger partial charge in [-0.05, 0) is 36.4 Å². The van der Waals surface area contributed by atoms with Crippen molar-refractivity contribution in [3.63, 3.8) is 0 Å². The second-order valence-corrected chi connectivity index (χ2v) is 5.25. The molecule has 0 bridgehead atoms. The van der Waals surface area contributed by atoms with Crippen molar-refractivity contribution < 1.29 is 27.6 Å². The van der Waals surface area contributed by atoms with Crippen molar-refractivity contribution in [2.24, 2.45) is 0 Å². The first-order chi connectivity index (χ1) is 12.1. The predicted molar refractivity (Wildman–Crippen MR) is 89.8 cm³/mol. The third kappa shape index (κ3) is 5.33. The van der Waals surface area contributed by atoms with Crippen LogP contribution in [0.25, 0.3) is 0 Å². The molecule has 3 amide bonds. The molecule has 0 saturated heterocycles. The molecule has 2 aromatic carbocycles. The molecule has 0 aliphatic heterocycles. The van der Waals surface area contributed by atoms with Crippen LogP contribution in [0.4, 0.5) is 30.2 Å². The molecule has 2 aromatic rings. The Morgan fingerprint density at radius 2 is 1.35 bits per heavy atom. The van der Waals surface area contributed by atoms with Crippen LogP contribution in [-0.2, 0) is 9.59 Å². The summed E-state index contributed by atoms with van der Waals surface area (Å²) in [5.74, 6) is -2.93. The van der Waals surface area contributed by atoms with Gasteiger partial charge in [-0.2, -0.15) is 13.2 Å². The number of hydrogen-bond donors (Lipinski definition) is 3. The van der Waals surface area contributed by atoms with E-state index in [0.29, 0.717) is 5.69 Å². The van der Waals surface area contributed by atoms with Gasteiger partial charge in [0.25, 0.3) is 5.91 Å². The highest BCUT2D eigenvalue weighted by Crippen LogP contribution is 2.21. The Labute approximate surface area is 146 Å². The summed E-state index contributed by atoms with van der Waals surface area (Å²) in [6.45, 7) is 1.33. The zero-order valence-electron chi connectivity index (χ0n) is 13.5. The molecule has 0 fully saturated rings. The lowest BCUT2D eigenvalue weighted by Gasteiger charge is -2.11. The zero-order valence-corrected chi connectivity index (χ0v) is 13.5. The van der Waals surface area contributed by atoms with E-state index < -0.39 is 18.0 Å². The summed E-state index contributed by atoms with van der Waals surface area (Å²) in [5, 5.41) is 6.75. The van der Waals surface area contributed by atoms with Gasteiger partial charge in [0.15, 0.2) is 0 Å². The first-order valence-electron chi connectivity index (χ1n) is 7.32. The zero-order chi connectivity index (χ0) is 19.3. The van der Waals surface area contributed by atoms with E-state index in [1.165, 1.54) is 43.3 Å². The van der Waals surface area contributed by atoms with Crippen LogP contribution in [0.3, 0.4) is 0 Å². The van der Waals surface area contributed by atoms with Crippen LogP contribution in [0, 0.1) is 0 Å². The molecule has 136 valence electrons. The van der Waals surface area contributed by atoms with Crippen molar-refractivity contribution in [1.29, 1.82) is 0 Å². The van der Waals surface area contributed by atoms with Crippen LogP contribution >= 0.6 is 0 Å². The van der Waals surface area contributed by atoms with Gasteiger partial charge in [0, 0.05) is 29.5 Å². The van der Waals surface area contributed by atoms with Gasteiger partial charge < -0.3 is 16.0 Å². The first kappa shape index (κ1) is 19.0. The number of hydrogen-bond acceptors (Lipinski definition) is 3. The summed E-state index contributed by atoms with van der Waals surface area (Å²) in [6, 6.07) is 11.4. The summed E-state index contributed by atoms with van der Waals surface area (Å²) in [6.07, 6.45) is -5.01. The maximum Gasteiger partial charge on any atom is 0.471 e. The van der Waals surface area contributed by atoms with E-state index in [0.717, 1.165) is 0 Å². The minimum Gasteiger partial charge on any atom is -0.326 e. The van der Waals surface area contributed by atoms with Gasteiger partial charge in [-0.25, -0.2) is 0 Å². The molecule has 2 rings (SSSR count). The molecular weight excluding hydrogens is 351 g/mol. The fourth-order valence-electron chi connectivity index (χ4n) is 2.02. The van der Waals surface area contributed by atoms with Crippen molar-refractivity contribution >= 4 is 34.8 Å². The molecule has 9 heteroatoms. The van der Waals surface area contributed by atoms with E-state index in [9.17, 15) is 27.6 Å². The predicted octanol–water partition coefficient (Wildman–Crippen LogP) is 3.40. The largest absolute Gasteiger partial charge is 0.471 e. The molecule has 0 saturated carbocycles. The number of benzene rings is 2. The normalized spacial score (nSPS) is 10.8. The Kier molecular flexibility index (Phi) is 5.61. The van der Waals surface area contributed by atoms with Gasteiger partial charge in [0.2, 0.25) is 5.91 Å². The Hall–Kier alpha value is -3.36. The average molecular weight is 365 g/mol. The average Bonchev–Trinajstić information content (AvgIpc) is 2.54. The third-order valence-electron chi connectivity index (χ3n) is 3.08. The number of halogens is 3. The van der Waals surface area contributed by atoms with Crippen LogP contribution in [0.5, 0.6) is 0 Å². The summed E-state index contributed by atoms with van der Waals surface area (Å²) in [7, 11) is 0. The van der Waals surface area contributed by atoms with Crippen molar-refractivity contribution in [2.75, 3.05) is 16.0 Å². The Morgan fingerprint density at radius 3 is 1.92 bits per heavy atom. The SMILES string of the molecule is CC(=O)Nc1cccc(C(=O)Nc2cccc(NC(=O)C(F)(F)F)c2)c1. The number of nitrogens with one attached hydrogen (secondary N) is 3. The fraction of sp³-hybridized carbons (Fsp3) is 0.118. The monoisotopic (exact) mass is 365 g/mol. The maximum atomic E-state index is 12.3. The number of rotatable bonds is 4. The third-order valence-corrected chi connectivity index (χ3v) is 3.08. The van der Waals surface area contributed by atoms with Gasteiger partial charge in [-0.15, -0.1) is 0 Å². The van der Waals surface area contributed by atoms with Crippen molar-refractivity contribution in [3.8, 4) is 0 Å². The van der Waals surface area contributed by atoms with Crippen LogP contribution in [0.2, 0.25) is 0 Å². The minimum absolute atomic E-state index is 0.114. The molecule has 0 aromatic heterocycles. The van der Waals surface area contributed by atoms with Gasteiger partial charge >= 0.3 is 12.1 Å². The molecule has 0 atom stereocenters.